The van der Waals surface area contributed by atoms with Gasteiger partial charge in [-0.2, -0.15) is 0 Å². The van der Waals surface area contributed by atoms with Gasteiger partial charge in [-0.15, -0.1) is 21.5 Å². The molecular formula is C22H22N6OS2. The molecule has 158 valence electrons. The van der Waals surface area contributed by atoms with Gasteiger partial charge in [0.15, 0.2) is 5.01 Å². The summed E-state index contributed by atoms with van der Waals surface area (Å²) >= 11 is 3.04. The van der Waals surface area contributed by atoms with Crippen LogP contribution in [0.1, 0.15) is 36.7 Å². The number of anilines is 1. The molecule has 7 nitrogen and oxygen atoms in total. The largest absolute Gasteiger partial charge is 0.301 e. The fraction of sp³-hybridized carbons (Fsp3) is 0.318. The molecule has 0 unspecified atom stereocenters. The zero-order valence-corrected chi connectivity index (χ0v) is 19.0. The van der Waals surface area contributed by atoms with E-state index < -0.39 is 0 Å². The fourth-order valence-electron chi connectivity index (χ4n) is 4.00. The number of hydrogen-bond donors (Lipinski definition) is 1. The molecule has 0 saturated carbocycles. The first-order chi connectivity index (χ1) is 15.1. The molecule has 1 N–H and O–H groups in total. The van der Waals surface area contributed by atoms with Crippen LogP contribution >= 0.6 is 22.7 Å². The summed E-state index contributed by atoms with van der Waals surface area (Å²) in [6, 6.07) is 9.12. The van der Waals surface area contributed by atoms with E-state index >= 15 is 0 Å². The molecule has 9 heteroatoms. The lowest BCUT2D eigenvalue weighted by Crippen LogP contribution is -2.29. The molecule has 0 saturated heterocycles. The van der Waals surface area contributed by atoms with E-state index in [1.807, 2.05) is 11.7 Å². The van der Waals surface area contributed by atoms with E-state index in [4.69, 9.17) is 4.98 Å². The molecular weight excluding hydrogens is 428 g/mol. The summed E-state index contributed by atoms with van der Waals surface area (Å²) in [6.07, 6.45) is 3.73. The number of nitrogens with zero attached hydrogens (tertiary/aromatic N) is 5. The molecule has 4 aromatic rings. The topological polar surface area (TPSA) is 83.9 Å². The van der Waals surface area contributed by atoms with Crippen molar-refractivity contribution in [2.24, 2.45) is 0 Å². The normalized spacial score (nSPS) is 15.4. The first-order valence-corrected chi connectivity index (χ1v) is 11.9. The Morgan fingerprint density at radius 2 is 2.03 bits per heavy atom. The lowest BCUT2D eigenvalue weighted by molar-refractivity contribution is -0.114. The molecule has 1 aromatic carbocycles. The van der Waals surface area contributed by atoms with Crippen molar-refractivity contribution in [3.63, 3.8) is 0 Å². The third-order valence-corrected chi connectivity index (χ3v) is 7.40. The number of carbonyl (C=O) groups excluding carboxylic acids is 1. The number of nitrogens with one attached hydrogen (secondary N) is 1. The summed E-state index contributed by atoms with van der Waals surface area (Å²) in [5, 5.41) is 12.2. The Bertz CT molecular complexity index is 1250. The number of benzene rings is 1. The van der Waals surface area contributed by atoms with E-state index in [0.717, 1.165) is 47.7 Å². The number of carbonyl (C=O) groups is 1. The van der Waals surface area contributed by atoms with Crippen LogP contribution < -0.4 is 5.32 Å². The molecule has 31 heavy (non-hydrogen) atoms. The third kappa shape index (κ3) is 4.21. The van der Waals surface area contributed by atoms with E-state index in [2.05, 4.69) is 56.6 Å². The van der Waals surface area contributed by atoms with Crippen LogP contribution in [0, 0.1) is 0 Å². The Hall–Kier alpha value is -2.75. The first-order valence-electron chi connectivity index (χ1n) is 10.2. The maximum Gasteiger partial charge on any atom is 0.223 e. The molecule has 1 aliphatic rings. The summed E-state index contributed by atoms with van der Waals surface area (Å²) in [6.45, 7) is 5.68. The van der Waals surface area contributed by atoms with Gasteiger partial charge >= 0.3 is 0 Å². The molecule has 0 aliphatic carbocycles. The number of hydrogen-bond acceptors (Lipinski definition) is 8. The van der Waals surface area contributed by atoms with Crippen LogP contribution in [0.25, 0.3) is 20.8 Å². The number of amides is 1. The quantitative estimate of drug-likeness (QED) is 0.498. The van der Waals surface area contributed by atoms with Gasteiger partial charge in [0.1, 0.15) is 0 Å². The van der Waals surface area contributed by atoms with Crippen LogP contribution in [0.15, 0.2) is 36.0 Å². The van der Waals surface area contributed by atoms with Gasteiger partial charge in [-0.05, 0) is 42.7 Å². The minimum Gasteiger partial charge on any atom is -0.301 e. The van der Waals surface area contributed by atoms with Gasteiger partial charge in [-0.3, -0.25) is 14.7 Å². The van der Waals surface area contributed by atoms with Crippen molar-refractivity contribution in [2.75, 3.05) is 18.4 Å². The maximum absolute atomic E-state index is 11.2. The molecule has 5 rings (SSSR count). The zero-order valence-electron chi connectivity index (χ0n) is 17.3. The fourth-order valence-corrected chi connectivity index (χ4v) is 5.43. The van der Waals surface area contributed by atoms with E-state index in [0.29, 0.717) is 11.2 Å². The van der Waals surface area contributed by atoms with Crippen molar-refractivity contribution in [1.29, 1.82) is 0 Å². The number of rotatable bonds is 4. The molecule has 3 aromatic heterocycles. The first kappa shape index (κ1) is 20.2. The SMILES string of the molecule is CC(=O)Nc1nnc(-c2cnc3c(c2)CCN([C@H](C)c2ccc4scnc4c2)CC3)s1. The predicted molar refractivity (Wildman–Crippen MR) is 124 cm³/mol. The van der Waals surface area contributed by atoms with Gasteiger partial charge in [0, 0.05) is 49.9 Å². The average molecular weight is 451 g/mol. The Morgan fingerprint density at radius 3 is 2.90 bits per heavy atom. The van der Waals surface area contributed by atoms with Crippen molar-refractivity contribution >= 4 is 43.9 Å². The molecule has 0 fully saturated rings. The number of thiazole rings is 1. The average Bonchev–Trinajstić information content (AvgIpc) is 3.37. The highest BCUT2D eigenvalue weighted by Crippen LogP contribution is 2.30. The van der Waals surface area contributed by atoms with Gasteiger partial charge in [0.05, 0.1) is 15.7 Å². The van der Waals surface area contributed by atoms with Gasteiger partial charge < -0.3 is 5.32 Å². The highest BCUT2D eigenvalue weighted by Gasteiger charge is 2.22. The van der Waals surface area contributed by atoms with Crippen LogP contribution in [-0.2, 0) is 17.6 Å². The zero-order chi connectivity index (χ0) is 21.4. The van der Waals surface area contributed by atoms with Crippen molar-refractivity contribution in [3.8, 4) is 10.6 Å². The molecule has 0 spiro atoms. The van der Waals surface area contributed by atoms with Gasteiger partial charge in [0.25, 0.3) is 0 Å². The van der Waals surface area contributed by atoms with Crippen LogP contribution in [0.5, 0.6) is 0 Å². The molecule has 1 aliphatic heterocycles. The standard InChI is InChI=1S/C22H22N6OS2/c1-13(15-3-4-20-19(10-15)24-12-30-20)28-7-5-16-9-17(11-23-18(16)6-8-28)21-26-27-22(31-21)25-14(2)29/h3-4,9-13H,5-8H2,1-2H3,(H,25,27,29)/t13-/m1/s1. The minimum atomic E-state index is -0.147. The minimum absolute atomic E-state index is 0.147. The maximum atomic E-state index is 11.2. The number of pyridine rings is 1. The van der Waals surface area contributed by atoms with Gasteiger partial charge in [0.2, 0.25) is 11.0 Å². The van der Waals surface area contributed by atoms with Crippen LogP contribution in [-0.4, -0.2) is 44.1 Å². The second-order valence-corrected chi connectivity index (χ2v) is 9.58. The molecule has 0 bridgehead atoms. The number of fused-ring (bicyclic) bond motifs is 2. The molecule has 1 amide bonds. The van der Waals surface area contributed by atoms with Crippen molar-refractivity contribution in [1.82, 2.24) is 25.1 Å². The highest BCUT2D eigenvalue weighted by molar-refractivity contribution is 7.18. The second kappa shape index (κ2) is 8.41. The Kier molecular flexibility index (Phi) is 5.47. The summed E-state index contributed by atoms with van der Waals surface area (Å²) in [5.41, 5.74) is 7.65. The highest BCUT2D eigenvalue weighted by atomic mass is 32.1. The summed E-state index contributed by atoms with van der Waals surface area (Å²) in [4.78, 5) is 23.0. The Balaban J connectivity index is 1.33. The smallest absolute Gasteiger partial charge is 0.223 e. The van der Waals surface area contributed by atoms with Crippen LogP contribution in [0.3, 0.4) is 0 Å². The molecule has 1 atom stereocenters. The van der Waals surface area contributed by atoms with E-state index in [9.17, 15) is 4.79 Å². The Labute approximate surface area is 188 Å². The van der Waals surface area contributed by atoms with E-state index in [-0.39, 0.29) is 5.91 Å². The van der Waals surface area contributed by atoms with E-state index in [1.165, 1.54) is 34.1 Å². The number of aromatic nitrogens is 4. The lowest BCUT2D eigenvalue weighted by Gasteiger charge is -2.27. The second-order valence-electron chi connectivity index (χ2n) is 7.71. The molecule has 4 heterocycles. The van der Waals surface area contributed by atoms with Crippen molar-refractivity contribution < 1.29 is 4.79 Å². The lowest BCUT2D eigenvalue weighted by atomic mass is 10.1. The summed E-state index contributed by atoms with van der Waals surface area (Å²) in [5.74, 6) is -0.147. The van der Waals surface area contributed by atoms with Gasteiger partial charge in [-0.25, -0.2) is 4.98 Å². The van der Waals surface area contributed by atoms with Crippen molar-refractivity contribution in [2.45, 2.75) is 32.7 Å². The third-order valence-electron chi connectivity index (χ3n) is 5.70. The molecule has 0 radical (unpaired) electrons. The van der Waals surface area contributed by atoms with Crippen LogP contribution in [0.2, 0.25) is 0 Å². The van der Waals surface area contributed by atoms with Crippen LogP contribution in [0.4, 0.5) is 5.13 Å². The van der Waals surface area contributed by atoms with Gasteiger partial charge in [-0.1, -0.05) is 17.4 Å². The predicted octanol–water partition coefficient (Wildman–Crippen LogP) is 4.33. The Morgan fingerprint density at radius 1 is 1.16 bits per heavy atom. The summed E-state index contributed by atoms with van der Waals surface area (Å²) < 4.78 is 1.23. The monoisotopic (exact) mass is 450 g/mol. The van der Waals surface area contributed by atoms with Crippen molar-refractivity contribution in [3.05, 3.63) is 52.8 Å². The van der Waals surface area contributed by atoms with E-state index in [1.54, 1.807) is 11.3 Å². The summed E-state index contributed by atoms with van der Waals surface area (Å²) in [7, 11) is 0.